The summed E-state index contributed by atoms with van der Waals surface area (Å²) >= 11 is 1.37. The van der Waals surface area contributed by atoms with Gasteiger partial charge < -0.3 is 5.32 Å². The second-order valence-electron chi connectivity index (χ2n) is 6.94. The van der Waals surface area contributed by atoms with Crippen molar-refractivity contribution in [3.05, 3.63) is 90.1 Å². The van der Waals surface area contributed by atoms with Crippen LogP contribution in [0.15, 0.2) is 84.1 Å². The lowest BCUT2D eigenvalue weighted by atomic mass is 10.1. The summed E-state index contributed by atoms with van der Waals surface area (Å²) in [6.07, 6.45) is 2.60. The molecule has 6 nitrogen and oxygen atoms in total. The van der Waals surface area contributed by atoms with Crippen LogP contribution in [0, 0.1) is 0 Å². The van der Waals surface area contributed by atoms with E-state index in [0.29, 0.717) is 17.5 Å². The topological polar surface area (TPSA) is 72.7 Å². The Labute approximate surface area is 185 Å². The highest BCUT2D eigenvalue weighted by Gasteiger charge is 2.17. The van der Waals surface area contributed by atoms with Crippen molar-refractivity contribution in [3.8, 4) is 11.5 Å². The molecule has 2 aromatic heterocycles. The molecule has 0 aliphatic carbocycles. The van der Waals surface area contributed by atoms with Gasteiger partial charge in [0.2, 0.25) is 5.91 Å². The molecule has 7 heteroatoms. The summed E-state index contributed by atoms with van der Waals surface area (Å²) < 4.78 is 2.01. The summed E-state index contributed by atoms with van der Waals surface area (Å²) in [4.78, 5) is 17.0. The number of hydrogen-bond acceptors (Lipinski definition) is 5. The average Bonchev–Trinajstić information content (AvgIpc) is 3.21. The molecule has 0 aliphatic rings. The molecule has 0 fully saturated rings. The summed E-state index contributed by atoms with van der Waals surface area (Å²) in [6.45, 7) is 2.67. The van der Waals surface area contributed by atoms with Crippen LogP contribution >= 0.6 is 11.8 Å². The number of aromatic nitrogens is 4. The van der Waals surface area contributed by atoms with Gasteiger partial charge in [-0.3, -0.25) is 14.3 Å². The molecule has 0 saturated heterocycles. The molecule has 0 saturated carbocycles. The third-order valence-electron chi connectivity index (χ3n) is 4.80. The molecule has 31 heavy (non-hydrogen) atoms. The van der Waals surface area contributed by atoms with E-state index in [1.165, 1.54) is 11.8 Å². The number of thioether (sulfide) groups is 1. The van der Waals surface area contributed by atoms with Crippen molar-refractivity contribution < 1.29 is 4.79 Å². The van der Waals surface area contributed by atoms with Crippen LogP contribution in [0.5, 0.6) is 0 Å². The van der Waals surface area contributed by atoms with E-state index in [1.54, 1.807) is 6.20 Å². The monoisotopic (exact) mass is 429 g/mol. The number of hydrogen-bond donors (Lipinski definition) is 1. The Kier molecular flexibility index (Phi) is 6.74. The molecule has 0 unspecified atom stereocenters. The number of amides is 1. The molecule has 0 aliphatic heterocycles. The fourth-order valence-electron chi connectivity index (χ4n) is 3.26. The first-order valence-corrected chi connectivity index (χ1v) is 11.1. The van der Waals surface area contributed by atoms with Gasteiger partial charge in [0.15, 0.2) is 11.0 Å². The zero-order valence-corrected chi connectivity index (χ0v) is 18.0. The summed E-state index contributed by atoms with van der Waals surface area (Å²) in [5.41, 5.74) is 3.85. The zero-order valence-electron chi connectivity index (χ0n) is 17.2. The first kappa shape index (κ1) is 20.8. The Morgan fingerprint density at radius 1 is 0.968 bits per heavy atom. The molecule has 0 spiro atoms. The summed E-state index contributed by atoms with van der Waals surface area (Å²) in [6, 6.07) is 23.7. The van der Waals surface area contributed by atoms with E-state index in [9.17, 15) is 4.79 Å². The number of carbonyl (C=O) groups excluding carboxylic acids is 1. The highest BCUT2D eigenvalue weighted by atomic mass is 32.2. The van der Waals surface area contributed by atoms with Crippen molar-refractivity contribution in [2.24, 2.45) is 0 Å². The van der Waals surface area contributed by atoms with Crippen molar-refractivity contribution in [3.63, 3.8) is 0 Å². The van der Waals surface area contributed by atoms with Crippen LogP contribution in [0.2, 0.25) is 0 Å². The standard InChI is InChI=1S/C24H23N5OS/c1-2-19-12-6-7-13-20(19)26-22(30)17-31-24-28-27-23(21-14-8-9-15-25-21)29(24)16-18-10-4-3-5-11-18/h3-15H,2,16-17H2,1H3,(H,26,30). The summed E-state index contributed by atoms with van der Waals surface area (Å²) in [7, 11) is 0. The van der Waals surface area contributed by atoms with Gasteiger partial charge in [-0.15, -0.1) is 10.2 Å². The van der Waals surface area contributed by atoms with E-state index < -0.39 is 0 Å². The SMILES string of the molecule is CCc1ccccc1NC(=O)CSc1nnc(-c2ccccn2)n1Cc1ccccc1. The molecule has 2 aromatic carbocycles. The van der Waals surface area contributed by atoms with Crippen LogP contribution in [-0.4, -0.2) is 31.4 Å². The van der Waals surface area contributed by atoms with E-state index in [-0.39, 0.29) is 11.7 Å². The van der Waals surface area contributed by atoms with Gasteiger partial charge >= 0.3 is 0 Å². The van der Waals surface area contributed by atoms with E-state index >= 15 is 0 Å². The predicted octanol–water partition coefficient (Wildman–Crippen LogP) is 4.68. The lowest BCUT2D eigenvalue weighted by Gasteiger charge is -2.11. The lowest BCUT2D eigenvalue weighted by molar-refractivity contribution is -0.113. The smallest absolute Gasteiger partial charge is 0.234 e. The quantitative estimate of drug-likeness (QED) is 0.412. The van der Waals surface area contributed by atoms with E-state index in [1.807, 2.05) is 65.2 Å². The minimum atomic E-state index is -0.0699. The molecule has 4 rings (SSSR count). The molecule has 0 radical (unpaired) electrons. The molecule has 156 valence electrons. The number of carbonyl (C=O) groups is 1. The third-order valence-corrected chi connectivity index (χ3v) is 5.77. The van der Waals surface area contributed by atoms with Crippen molar-refractivity contribution in [1.82, 2.24) is 19.7 Å². The Balaban J connectivity index is 1.53. The van der Waals surface area contributed by atoms with Crippen molar-refractivity contribution >= 4 is 23.4 Å². The van der Waals surface area contributed by atoms with Gasteiger partial charge in [0, 0.05) is 11.9 Å². The van der Waals surface area contributed by atoms with Crippen molar-refractivity contribution in [2.75, 3.05) is 11.1 Å². The van der Waals surface area contributed by atoms with Gasteiger partial charge in [0.25, 0.3) is 0 Å². The predicted molar refractivity (Wildman–Crippen MR) is 124 cm³/mol. The Hall–Kier alpha value is -3.45. The Morgan fingerprint density at radius 3 is 2.52 bits per heavy atom. The number of anilines is 1. The van der Waals surface area contributed by atoms with E-state index in [2.05, 4.69) is 39.6 Å². The van der Waals surface area contributed by atoms with Crippen LogP contribution in [0.4, 0.5) is 5.69 Å². The Bertz CT molecular complexity index is 1150. The largest absolute Gasteiger partial charge is 0.325 e. The minimum absolute atomic E-state index is 0.0699. The maximum absolute atomic E-state index is 12.6. The number of benzene rings is 2. The minimum Gasteiger partial charge on any atom is -0.325 e. The number of rotatable bonds is 8. The average molecular weight is 430 g/mol. The fourth-order valence-corrected chi connectivity index (χ4v) is 3.99. The van der Waals surface area contributed by atoms with Crippen LogP contribution in [0.25, 0.3) is 11.5 Å². The maximum Gasteiger partial charge on any atom is 0.234 e. The Morgan fingerprint density at radius 2 is 1.74 bits per heavy atom. The van der Waals surface area contributed by atoms with E-state index in [4.69, 9.17) is 0 Å². The first-order valence-electron chi connectivity index (χ1n) is 10.1. The highest BCUT2D eigenvalue weighted by molar-refractivity contribution is 7.99. The molecule has 0 atom stereocenters. The summed E-state index contributed by atoms with van der Waals surface area (Å²) in [5, 5.41) is 12.4. The molecular formula is C24H23N5OS. The van der Waals surface area contributed by atoms with Crippen molar-refractivity contribution in [1.29, 1.82) is 0 Å². The van der Waals surface area contributed by atoms with E-state index in [0.717, 1.165) is 28.9 Å². The van der Waals surface area contributed by atoms with Crippen LogP contribution in [0.1, 0.15) is 18.1 Å². The van der Waals surface area contributed by atoms with Gasteiger partial charge in [0.1, 0.15) is 5.69 Å². The first-order chi connectivity index (χ1) is 15.2. The van der Waals surface area contributed by atoms with Gasteiger partial charge in [-0.25, -0.2) is 0 Å². The lowest BCUT2D eigenvalue weighted by Crippen LogP contribution is -2.16. The number of pyridine rings is 1. The third kappa shape index (κ3) is 5.19. The second-order valence-corrected chi connectivity index (χ2v) is 7.88. The van der Waals surface area contributed by atoms with Gasteiger partial charge in [-0.1, -0.05) is 73.3 Å². The fraction of sp³-hybridized carbons (Fsp3) is 0.167. The molecule has 1 amide bonds. The van der Waals surface area contributed by atoms with Crippen LogP contribution in [-0.2, 0) is 17.8 Å². The molecule has 2 heterocycles. The molecule has 1 N–H and O–H groups in total. The maximum atomic E-state index is 12.6. The van der Waals surface area contributed by atoms with Crippen molar-refractivity contribution in [2.45, 2.75) is 25.0 Å². The van der Waals surface area contributed by atoms with Gasteiger partial charge in [-0.2, -0.15) is 0 Å². The number of aryl methyl sites for hydroxylation is 1. The normalized spacial score (nSPS) is 10.7. The second kappa shape index (κ2) is 10.0. The zero-order chi connectivity index (χ0) is 21.5. The number of para-hydroxylation sites is 1. The van der Waals surface area contributed by atoms with Crippen LogP contribution < -0.4 is 5.32 Å². The van der Waals surface area contributed by atoms with Gasteiger partial charge in [-0.05, 0) is 35.7 Å². The number of nitrogens with one attached hydrogen (secondary N) is 1. The van der Waals surface area contributed by atoms with Crippen LogP contribution in [0.3, 0.4) is 0 Å². The molecule has 4 aromatic rings. The molecule has 0 bridgehead atoms. The summed E-state index contributed by atoms with van der Waals surface area (Å²) in [5.74, 6) is 0.857. The molecular weight excluding hydrogens is 406 g/mol. The van der Waals surface area contributed by atoms with Gasteiger partial charge in [0.05, 0.1) is 12.3 Å². The number of nitrogens with zero attached hydrogens (tertiary/aromatic N) is 4. The highest BCUT2D eigenvalue weighted by Crippen LogP contribution is 2.24.